The van der Waals surface area contributed by atoms with E-state index in [4.69, 9.17) is 0 Å². The molecule has 0 unspecified atom stereocenters. The van der Waals surface area contributed by atoms with E-state index in [-0.39, 0.29) is 25.0 Å². The molecule has 158 valence electrons. The van der Waals surface area contributed by atoms with Crippen LogP contribution in [0.2, 0.25) is 0 Å². The van der Waals surface area contributed by atoms with Gasteiger partial charge in [0.05, 0.1) is 17.9 Å². The predicted octanol–water partition coefficient (Wildman–Crippen LogP) is 3.19. The zero-order valence-electron chi connectivity index (χ0n) is 17.4. The van der Waals surface area contributed by atoms with E-state index < -0.39 is 0 Å². The fourth-order valence-corrected chi connectivity index (χ4v) is 4.85. The first kappa shape index (κ1) is 20.6. The molecule has 1 aromatic heterocycles. The monoisotopic (exact) mass is 425 g/mol. The Morgan fingerprint density at radius 1 is 1.07 bits per heavy atom. The summed E-state index contributed by atoms with van der Waals surface area (Å²) in [7, 11) is 1.73. The number of rotatable bonds is 6. The lowest BCUT2D eigenvalue weighted by Gasteiger charge is -2.32. The molecule has 1 saturated heterocycles. The standard InChI is InChI=1S/C23H27N3O3S/c1-16-9-11-25(12-10-16)17-5-7-18(8-6-17)26-22(28)20(19-4-3-15-30-19)21(23(26)29)24(2)13-14-27/h3-8,15-16,27H,9-14H2,1-2H3. The van der Waals surface area contributed by atoms with Crippen LogP contribution in [0.25, 0.3) is 5.57 Å². The fraction of sp³-hybridized carbons (Fsp3) is 0.391. The van der Waals surface area contributed by atoms with E-state index in [9.17, 15) is 14.7 Å². The quantitative estimate of drug-likeness (QED) is 0.720. The van der Waals surface area contributed by atoms with Crippen molar-refractivity contribution in [3.05, 3.63) is 52.4 Å². The number of hydrogen-bond acceptors (Lipinski definition) is 6. The van der Waals surface area contributed by atoms with Gasteiger partial charge in [-0.05, 0) is 54.5 Å². The maximum atomic E-state index is 13.3. The first-order valence-corrected chi connectivity index (χ1v) is 11.2. The smallest absolute Gasteiger partial charge is 0.282 e. The topological polar surface area (TPSA) is 64.1 Å². The number of benzene rings is 1. The van der Waals surface area contributed by atoms with Crippen LogP contribution in [-0.4, -0.2) is 55.1 Å². The molecule has 7 heteroatoms. The summed E-state index contributed by atoms with van der Waals surface area (Å²) in [5.41, 5.74) is 2.43. The van der Waals surface area contributed by atoms with Crippen LogP contribution in [0.5, 0.6) is 0 Å². The summed E-state index contributed by atoms with van der Waals surface area (Å²) < 4.78 is 0. The second-order valence-electron chi connectivity index (χ2n) is 7.98. The number of thiophene rings is 1. The van der Waals surface area contributed by atoms with Gasteiger partial charge in [-0.2, -0.15) is 0 Å². The molecule has 1 N–H and O–H groups in total. The molecular formula is C23H27N3O3S. The number of imide groups is 1. The third-order valence-corrected chi connectivity index (χ3v) is 6.79. The Labute approximate surface area is 181 Å². The molecule has 0 radical (unpaired) electrons. The van der Waals surface area contributed by atoms with E-state index in [1.165, 1.54) is 29.1 Å². The number of aliphatic hydroxyl groups is 1. The van der Waals surface area contributed by atoms with Crippen LogP contribution in [0.3, 0.4) is 0 Å². The average molecular weight is 426 g/mol. The van der Waals surface area contributed by atoms with E-state index in [1.54, 1.807) is 11.9 Å². The molecule has 0 bridgehead atoms. The number of carbonyl (C=O) groups is 2. The van der Waals surface area contributed by atoms with Gasteiger partial charge in [0.25, 0.3) is 11.8 Å². The molecule has 2 aliphatic heterocycles. The molecule has 4 rings (SSSR count). The van der Waals surface area contributed by atoms with Crippen molar-refractivity contribution in [1.29, 1.82) is 0 Å². The molecule has 0 aliphatic carbocycles. The highest BCUT2D eigenvalue weighted by atomic mass is 32.1. The Bertz CT molecular complexity index is 945. The predicted molar refractivity (Wildman–Crippen MR) is 121 cm³/mol. The van der Waals surface area contributed by atoms with Crippen molar-refractivity contribution in [2.24, 2.45) is 5.92 Å². The van der Waals surface area contributed by atoms with Crippen LogP contribution in [0.1, 0.15) is 24.6 Å². The minimum Gasteiger partial charge on any atom is -0.395 e. The van der Waals surface area contributed by atoms with Crippen molar-refractivity contribution in [2.45, 2.75) is 19.8 Å². The maximum absolute atomic E-state index is 13.3. The van der Waals surface area contributed by atoms with Crippen molar-refractivity contribution in [3.8, 4) is 0 Å². The molecule has 2 aliphatic rings. The number of amides is 2. The molecule has 0 saturated carbocycles. The lowest BCUT2D eigenvalue weighted by Crippen LogP contribution is -2.35. The molecule has 2 amide bonds. The highest BCUT2D eigenvalue weighted by molar-refractivity contribution is 7.11. The number of nitrogens with zero attached hydrogens (tertiary/aromatic N) is 3. The van der Waals surface area contributed by atoms with Crippen LogP contribution in [0.4, 0.5) is 11.4 Å². The Balaban J connectivity index is 1.62. The number of piperidine rings is 1. The Hall–Kier alpha value is -2.64. The van der Waals surface area contributed by atoms with Gasteiger partial charge in [0.2, 0.25) is 0 Å². The van der Waals surface area contributed by atoms with Crippen LogP contribution >= 0.6 is 11.3 Å². The van der Waals surface area contributed by atoms with Crippen molar-refractivity contribution < 1.29 is 14.7 Å². The molecule has 1 aromatic carbocycles. The first-order valence-electron chi connectivity index (χ1n) is 10.3. The number of aliphatic hydroxyl groups excluding tert-OH is 1. The van der Waals surface area contributed by atoms with Gasteiger partial charge in [0.15, 0.2) is 0 Å². The summed E-state index contributed by atoms with van der Waals surface area (Å²) in [5.74, 6) is 0.0946. The highest BCUT2D eigenvalue weighted by Crippen LogP contribution is 2.36. The minimum atomic E-state index is -0.348. The van der Waals surface area contributed by atoms with Gasteiger partial charge >= 0.3 is 0 Å². The van der Waals surface area contributed by atoms with E-state index in [0.29, 0.717) is 17.0 Å². The normalized spacial score (nSPS) is 18.0. The van der Waals surface area contributed by atoms with Crippen LogP contribution in [0.15, 0.2) is 47.5 Å². The van der Waals surface area contributed by atoms with Crippen molar-refractivity contribution in [1.82, 2.24) is 4.90 Å². The SMILES string of the molecule is CC1CCN(c2ccc(N3C(=O)C(c4cccs4)=C(N(C)CCO)C3=O)cc2)CC1. The zero-order chi connectivity index (χ0) is 21.3. The molecule has 0 spiro atoms. The van der Waals surface area contributed by atoms with Crippen LogP contribution in [0, 0.1) is 5.92 Å². The third kappa shape index (κ3) is 3.75. The highest BCUT2D eigenvalue weighted by Gasteiger charge is 2.42. The Morgan fingerprint density at radius 3 is 2.33 bits per heavy atom. The van der Waals surface area contributed by atoms with Crippen molar-refractivity contribution >= 4 is 40.1 Å². The minimum absolute atomic E-state index is 0.0949. The van der Waals surface area contributed by atoms with E-state index >= 15 is 0 Å². The van der Waals surface area contributed by atoms with Gasteiger partial charge in [-0.3, -0.25) is 9.59 Å². The molecule has 3 heterocycles. The average Bonchev–Trinajstić information content (AvgIpc) is 3.35. The Kier molecular flexibility index (Phi) is 5.92. The summed E-state index contributed by atoms with van der Waals surface area (Å²) >= 11 is 1.43. The number of carbonyl (C=O) groups excluding carboxylic acids is 2. The van der Waals surface area contributed by atoms with Crippen molar-refractivity contribution in [2.75, 3.05) is 43.1 Å². The Morgan fingerprint density at radius 2 is 1.73 bits per heavy atom. The number of anilines is 2. The lowest BCUT2D eigenvalue weighted by atomic mass is 9.99. The van der Waals surface area contributed by atoms with E-state index in [0.717, 1.165) is 29.6 Å². The lowest BCUT2D eigenvalue weighted by molar-refractivity contribution is -0.120. The summed E-state index contributed by atoms with van der Waals surface area (Å²) in [4.78, 5) is 32.6. The molecule has 30 heavy (non-hydrogen) atoms. The molecule has 0 atom stereocenters. The van der Waals surface area contributed by atoms with Gasteiger partial charge in [0, 0.05) is 37.2 Å². The summed E-state index contributed by atoms with van der Waals surface area (Å²) in [6.45, 7) is 4.53. The molecule has 1 fully saturated rings. The van der Waals surface area contributed by atoms with Gasteiger partial charge < -0.3 is 14.9 Å². The van der Waals surface area contributed by atoms with E-state index in [2.05, 4.69) is 11.8 Å². The maximum Gasteiger partial charge on any atom is 0.282 e. The van der Waals surface area contributed by atoms with Gasteiger partial charge in [-0.15, -0.1) is 11.3 Å². The largest absolute Gasteiger partial charge is 0.395 e. The van der Waals surface area contributed by atoms with Crippen LogP contribution in [-0.2, 0) is 9.59 Å². The molecular weight excluding hydrogens is 398 g/mol. The first-order chi connectivity index (χ1) is 14.5. The molecule has 6 nitrogen and oxygen atoms in total. The van der Waals surface area contributed by atoms with E-state index in [1.807, 2.05) is 41.8 Å². The summed E-state index contributed by atoms with van der Waals surface area (Å²) in [6.07, 6.45) is 2.36. The zero-order valence-corrected chi connectivity index (χ0v) is 18.2. The molecule has 2 aromatic rings. The number of hydrogen-bond donors (Lipinski definition) is 1. The second-order valence-corrected chi connectivity index (χ2v) is 8.93. The van der Waals surface area contributed by atoms with Gasteiger partial charge in [-0.25, -0.2) is 4.90 Å². The van der Waals surface area contributed by atoms with Crippen LogP contribution < -0.4 is 9.80 Å². The summed E-state index contributed by atoms with van der Waals surface area (Å²) in [5, 5.41) is 11.2. The number of likely N-dealkylation sites (N-methyl/N-ethyl adjacent to an activating group) is 1. The second kappa shape index (κ2) is 8.62. The van der Waals surface area contributed by atoms with Gasteiger partial charge in [0.1, 0.15) is 5.70 Å². The van der Waals surface area contributed by atoms with Crippen molar-refractivity contribution in [3.63, 3.8) is 0 Å². The fourth-order valence-electron chi connectivity index (χ4n) is 4.09. The summed E-state index contributed by atoms with van der Waals surface area (Å²) in [6, 6.07) is 11.4. The third-order valence-electron chi connectivity index (χ3n) is 5.90. The van der Waals surface area contributed by atoms with Gasteiger partial charge in [-0.1, -0.05) is 13.0 Å².